The van der Waals surface area contributed by atoms with Gasteiger partial charge in [0.1, 0.15) is 5.54 Å². The SMILES string of the molecule is C=CC(=O)NC(C)(C)C(=O)Nc1[c]cccc1. The van der Waals surface area contributed by atoms with Gasteiger partial charge in [-0.25, -0.2) is 0 Å². The Morgan fingerprint density at radius 2 is 2.12 bits per heavy atom. The molecular formula is C13H15N2O2. The highest BCUT2D eigenvalue weighted by atomic mass is 16.2. The average molecular weight is 231 g/mol. The van der Waals surface area contributed by atoms with Gasteiger partial charge < -0.3 is 10.6 Å². The second-order valence-corrected chi connectivity index (χ2v) is 4.05. The Labute approximate surface area is 101 Å². The number of carbonyl (C=O) groups is 2. The third-order valence-electron chi connectivity index (χ3n) is 2.15. The van der Waals surface area contributed by atoms with E-state index >= 15 is 0 Å². The number of hydrogen-bond acceptors (Lipinski definition) is 2. The molecule has 1 rings (SSSR count). The van der Waals surface area contributed by atoms with E-state index in [-0.39, 0.29) is 11.8 Å². The number of benzene rings is 1. The van der Waals surface area contributed by atoms with Crippen molar-refractivity contribution in [2.45, 2.75) is 19.4 Å². The van der Waals surface area contributed by atoms with E-state index in [4.69, 9.17) is 0 Å². The first kappa shape index (κ1) is 13.0. The number of para-hydroxylation sites is 1. The fraction of sp³-hybridized carbons (Fsp3) is 0.231. The van der Waals surface area contributed by atoms with Crippen LogP contribution >= 0.6 is 0 Å². The lowest BCUT2D eigenvalue weighted by Gasteiger charge is -2.24. The zero-order chi connectivity index (χ0) is 12.9. The van der Waals surface area contributed by atoms with Crippen molar-refractivity contribution in [3.05, 3.63) is 43.0 Å². The molecule has 0 bridgehead atoms. The molecule has 1 aromatic rings. The van der Waals surface area contributed by atoms with Crippen LogP contribution in [0.25, 0.3) is 0 Å². The fourth-order valence-electron chi connectivity index (χ4n) is 1.17. The summed E-state index contributed by atoms with van der Waals surface area (Å²) in [5.74, 6) is -0.697. The minimum Gasteiger partial charge on any atom is -0.339 e. The van der Waals surface area contributed by atoms with Gasteiger partial charge in [-0.3, -0.25) is 9.59 Å². The first-order valence-electron chi connectivity index (χ1n) is 5.18. The Kier molecular flexibility index (Phi) is 4.04. The largest absolute Gasteiger partial charge is 0.339 e. The second kappa shape index (κ2) is 5.30. The standard InChI is InChI=1S/C13H15N2O2/c1-4-11(16)15-13(2,3)12(17)14-10-8-6-5-7-9-10/h4-8H,1H2,2-3H3,(H,14,17)(H,15,16). The summed E-state index contributed by atoms with van der Waals surface area (Å²) in [6, 6.07) is 9.90. The molecule has 0 aromatic heterocycles. The highest BCUT2D eigenvalue weighted by Gasteiger charge is 2.28. The summed E-state index contributed by atoms with van der Waals surface area (Å²) in [6.07, 6.45) is 1.13. The summed E-state index contributed by atoms with van der Waals surface area (Å²) < 4.78 is 0. The van der Waals surface area contributed by atoms with E-state index in [1.165, 1.54) is 0 Å². The Balaban J connectivity index is 2.69. The van der Waals surface area contributed by atoms with Crippen molar-refractivity contribution in [3.8, 4) is 0 Å². The third kappa shape index (κ3) is 3.75. The minimum atomic E-state index is -1.01. The molecule has 0 spiro atoms. The molecule has 0 atom stereocenters. The summed E-state index contributed by atoms with van der Waals surface area (Å²) in [5.41, 5.74) is -0.437. The second-order valence-electron chi connectivity index (χ2n) is 4.05. The Morgan fingerprint density at radius 1 is 1.41 bits per heavy atom. The number of anilines is 1. The van der Waals surface area contributed by atoms with Gasteiger partial charge in [-0.2, -0.15) is 0 Å². The lowest BCUT2D eigenvalue weighted by molar-refractivity contribution is -0.126. The number of amides is 2. The molecule has 0 saturated carbocycles. The van der Waals surface area contributed by atoms with Crippen molar-refractivity contribution in [1.29, 1.82) is 0 Å². The van der Waals surface area contributed by atoms with Crippen molar-refractivity contribution in [2.24, 2.45) is 0 Å². The van der Waals surface area contributed by atoms with E-state index in [1.807, 2.05) is 0 Å². The Bertz CT molecular complexity index is 424. The van der Waals surface area contributed by atoms with Crippen LogP contribution in [0, 0.1) is 6.07 Å². The molecule has 4 heteroatoms. The summed E-state index contributed by atoms with van der Waals surface area (Å²) in [7, 11) is 0. The molecule has 0 aliphatic heterocycles. The van der Waals surface area contributed by atoms with E-state index < -0.39 is 5.54 Å². The lowest BCUT2D eigenvalue weighted by Crippen LogP contribution is -2.51. The van der Waals surface area contributed by atoms with E-state index in [0.717, 1.165) is 6.08 Å². The van der Waals surface area contributed by atoms with Crippen LogP contribution in [0.5, 0.6) is 0 Å². The van der Waals surface area contributed by atoms with Gasteiger partial charge in [-0.1, -0.05) is 24.8 Å². The topological polar surface area (TPSA) is 58.2 Å². The van der Waals surface area contributed by atoms with Gasteiger partial charge in [0.2, 0.25) is 11.8 Å². The van der Waals surface area contributed by atoms with Crippen LogP contribution < -0.4 is 10.6 Å². The normalized spacial score (nSPS) is 10.5. The molecule has 1 radical (unpaired) electrons. The summed E-state index contributed by atoms with van der Waals surface area (Å²) >= 11 is 0. The number of nitrogens with one attached hydrogen (secondary N) is 2. The summed E-state index contributed by atoms with van der Waals surface area (Å²) in [4.78, 5) is 23.1. The highest BCUT2D eigenvalue weighted by Crippen LogP contribution is 2.09. The molecule has 17 heavy (non-hydrogen) atoms. The van der Waals surface area contributed by atoms with Gasteiger partial charge >= 0.3 is 0 Å². The fourth-order valence-corrected chi connectivity index (χ4v) is 1.17. The molecule has 0 aliphatic rings. The molecule has 0 aliphatic carbocycles. The molecule has 2 amide bonds. The Hall–Kier alpha value is -2.10. The molecule has 0 saturated heterocycles. The highest BCUT2D eigenvalue weighted by molar-refractivity contribution is 6.01. The van der Waals surface area contributed by atoms with Crippen LogP contribution in [0.2, 0.25) is 0 Å². The van der Waals surface area contributed by atoms with Crippen molar-refractivity contribution in [3.63, 3.8) is 0 Å². The molecule has 4 nitrogen and oxygen atoms in total. The summed E-state index contributed by atoms with van der Waals surface area (Å²) in [5, 5.41) is 5.21. The van der Waals surface area contributed by atoms with Crippen molar-refractivity contribution < 1.29 is 9.59 Å². The predicted octanol–water partition coefficient (Wildman–Crippen LogP) is 1.51. The number of rotatable bonds is 4. The molecular weight excluding hydrogens is 216 g/mol. The molecule has 89 valence electrons. The third-order valence-corrected chi connectivity index (χ3v) is 2.15. The lowest BCUT2D eigenvalue weighted by atomic mass is 10.0. The van der Waals surface area contributed by atoms with Crippen LogP contribution in [0.4, 0.5) is 5.69 Å². The number of carbonyl (C=O) groups excluding carboxylic acids is 2. The van der Waals surface area contributed by atoms with E-state index in [0.29, 0.717) is 5.69 Å². The number of hydrogen-bond donors (Lipinski definition) is 2. The monoisotopic (exact) mass is 231 g/mol. The zero-order valence-electron chi connectivity index (χ0n) is 9.91. The molecule has 0 fully saturated rings. The van der Waals surface area contributed by atoms with Crippen LogP contribution in [0.1, 0.15) is 13.8 Å². The molecule has 0 unspecified atom stereocenters. The Morgan fingerprint density at radius 3 is 2.65 bits per heavy atom. The van der Waals surface area contributed by atoms with Crippen LogP contribution in [0.15, 0.2) is 36.9 Å². The maximum atomic E-state index is 11.9. The predicted molar refractivity (Wildman–Crippen MR) is 66.3 cm³/mol. The van der Waals surface area contributed by atoms with Gasteiger partial charge in [-0.15, -0.1) is 0 Å². The first-order valence-corrected chi connectivity index (χ1v) is 5.18. The average Bonchev–Trinajstić information content (AvgIpc) is 2.29. The first-order chi connectivity index (χ1) is 7.95. The van der Waals surface area contributed by atoms with E-state index in [1.54, 1.807) is 38.1 Å². The zero-order valence-corrected chi connectivity index (χ0v) is 9.91. The molecule has 2 N–H and O–H groups in total. The van der Waals surface area contributed by atoms with Crippen LogP contribution in [-0.2, 0) is 9.59 Å². The van der Waals surface area contributed by atoms with Crippen molar-refractivity contribution in [1.82, 2.24) is 5.32 Å². The van der Waals surface area contributed by atoms with Gasteiger partial charge in [0.25, 0.3) is 0 Å². The smallest absolute Gasteiger partial charge is 0.249 e. The maximum Gasteiger partial charge on any atom is 0.249 e. The van der Waals surface area contributed by atoms with Crippen molar-refractivity contribution in [2.75, 3.05) is 5.32 Å². The maximum absolute atomic E-state index is 11.9. The van der Waals surface area contributed by atoms with Gasteiger partial charge in [0, 0.05) is 11.8 Å². The van der Waals surface area contributed by atoms with E-state index in [2.05, 4.69) is 23.3 Å². The van der Waals surface area contributed by atoms with Gasteiger partial charge in [0.15, 0.2) is 0 Å². The van der Waals surface area contributed by atoms with Gasteiger partial charge in [-0.05, 0) is 26.0 Å². The molecule has 0 heterocycles. The van der Waals surface area contributed by atoms with E-state index in [9.17, 15) is 9.59 Å². The van der Waals surface area contributed by atoms with Crippen LogP contribution in [-0.4, -0.2) is 17.4 Å². The van der Waals surface area contributed by atoms with Crippen LogP contribution in [0.3, 0.4) is 0 Å². The molecule has 1 aromatic carbocycles. The summed E-state index contributed by atoms with van der Waals surface area (Å²) in [6.45, 7) is 6.57. The quantitative estimate of drug-likeness (QED) is 0.772. The minimum absolute atomic E-state index is 0.310. The van der Waals surface area contributed by atoms with Gasteiger partial charge in [0.05, 0.1) is 0 Å². The van der Waals surface area contributed by atoms with Crippen molar-refractivity contribution >= 4 is 17.5 Å².